The van der Waals surface area contributed by atoms with Crippen molar-refractivity contribution in [1.29, 1.82) is 0 Å². The fourth-order valence-electron chi connectivity index (χ4n) is 3.65. The molecule has 154 valence electrons. The normalized spacial score (nSPS) is 19.2. The van der Waals surface area contributed by atoms with Crippen LogP contribution in [0.3, 0.4) is 0 Å². The summed E-state index contributed by atoms with van der Waals surface area (Å²) in [4.78, 5) is 14.6. The van der Waals surface area contributed by atoms with Crippen LogP contribution in [0, 0.1) is 0 Å². The first-order valence-corrected chi connectivity index (χ1v) is 9.09. The summed E-state index contributed by atoms with van der Waals surface area (Å²) in [6.45, 7) is 0.555. The van der Waals surface area contributed by atoms with Crippen LogP contribution < -0.4 is 24.3 Å². The van der Waals surface area contributed by atoms with Gasteiger partial charge in [-0.25, -0.2) is 4.79 Å². The Morgan fingerprint density at radius 3 is 2.69 bits per heavy atom. The fraction of sp³-hybridized carbons (Fsp3) is 0.350. The van der Waals surface area contributed by atoms with Crippen molar-refractivity contribution in [3.63, 3.8) is 0 Å². The Bertz CT molecular complexity index is 937. The highest BCUT2D eigenvalue weighted by Crippen LogP contribution is 2.43. The Morgan fingerprint density at radius 2 is 1.93 bits per heavy atom. The zero-order valence-corrected chi connectivity index (χ0v) is 15.9. The predicted octanol–water partition coefficient (Wildman–Crippen LogP) is 4.39. The van der Waals surface area contributed by atoms with Crippen molar-refractivity contribution >= 4 is 11.7 Å². The number of carbonyl (C=O) groups is 1. The summed E-state index contributed by atoms with van der Waals surface area (Å²) >= 11 is 0. The lowest BCUT2D eigenvalue weighted by molar-refractivity contribution is -0.286. The molecule has 2 aliphatic heterocycles. The summed E-state index contributed by atoms with van der Waals surface area (Å²) in [7, 11) is 3.15. The molecule has 1 fully saturated rings. The van der Waals surface area contributed by atoms with Gasteiger partial charge < -0.3 is 29.2 Å². The topological polar surface area (TPSA) is 69.3 Å². The molecular weight excluding hydrogens is 386 g/mol. The van der Waals surface area contributed by atoms with Crippen LogP contribution in [0.15, 0.2) is 36.4 Å². The quantitative estimate of drug-likeness (QED) is 0.815. The number of methoxy groups -OCH3 is 2. The van der Waals surface area contributed by atoms with Gasteiger partial charge in [0, 0.05) is 23.9 Å². The van der Waals surface area contributed by atoms with Gasteiger partial charge in [0.2, 0.25) is 0 Å². The maximum Gasteiger partial charge on any atom is 0.586 e. The SMILES string of the molecule is COc1ccc(OC)c([C@H]2CCCN2C(=O)Nc2ccc3c(c2)OC(F)(F)O3)c1. The minimum atomic E-state index is -3.70. The van der Waals surface area contributed by atoms with Gasteiger partial charge in [-0.15, -0.1) is 8.78 Å². The lowest BCUT2D eigenvalue weighted by Crippen LogP contribution is -2.34. The second kappa shape index (κ2) is 7.31. The number of anilines is 1. The number of nitrogens with one attached hydrogen (secondary N) is 1. The number of hydrogen-bond donors (Lipinski definition) is 1. The molecule has 0 radical (unpaired) electrons. The van der Waals surface area contributed by atoms with Crippen LogP contribution in [0.2, 0.25) is 0 Å². The van der Waals surface area contributed by atoms with Gasteiger partial charge in [-0.05, 0) is 43.2 Å². The van der Waals surface area contributed by atoms with E-state index in [9.17, 15) is 13.6 Å². The Kier molecular flexibility index (Phi) is 4.81. The zero-order chi connectivity index (χ0) is 20.6. The number of halogens is 2. The Balaban J connectivity index is 1.54. The van der Waals surface area contributed by atoms with Crippen molar-refractivity contribution in [3.8, 4) is 23.0 Å². The van der Waals surface area contributed by atoms with E-state index in [0.717, 1.165) is 18.4 Å². The van der Waals surface area contributed by atoms with Gasteiger partial charge in [-0.1, -0.05) is 0 Å². The second-order valence-electron chi connectivity index (χ2n) is 6.72. The molecule has 0 bridgehead atoms. The molecule has 1 N–H and O–H groups in total. The molecule has 1 atom stereocenters. The first kappa shape index (κ1) is 19.1. The van der Waals surface area contributed by atoms with Crippen LogP contribution >= 0.6 is 0 Å². The maximum atomic E-state index is 13.2. The number of ether oxygens (including phenoxy) is 4. The van der Waals surface area contributed by atoms with Crippen LogP contribution in [0.25, 0.3) is 0 Å². The number of hydrogen-bond acceptors (Lipinski definition) is 5. The average molecular weight is 406 g/mol. The van der Waals surface area contributed by atoms with Crippen molar-refractivity contribution in [1.82, 2.24) is 4.90 Å². The van der Waals surface area contributed by atoms with Crippen LogP contribution in [0.4, 0.5) is 19.3 Å². The number of nitrogens with zero attached hydrogens (tertiary/aromatic N) is 1. The summed E-state index contributed by atoms with van der Waals surface area (Å²) in [6.07, 6.45) is -2.11. The lowest BCUT2D eigenvalue weighted by atomic mass is 10.0. The highest BCUT2D eigenvalue weighted by atomic mass is 19.3. The number of carbonyl (C=O) groups excluding carboxylic acids is 1. The molecular formula is C20H20F2N2O5. The summed E-state index contributed by atoms with van der Waals surface area (Å²) in [5.41, 5.74) is 1.18. The van der Waals surface area contributed by atoms with Crippen LogP contribution in [-0.4, -0.2) is 38.0 Å². The molecule has 0 aliphatic carbocycles. The molecule has 2 aromatic carbocycles. The minimum absolute atomic E-state index is 0.0758. The molecule has 2 amide bonds. The Labute approximate surface area is 166 Å². The van der Waals surface area contributed by atoms with E-state index >= 15 is 0 Å². The van der Waals surface area contributed by atoms with E-state index in [1.54, 1.807) is 31.3 Å². The van der Waals surface area contributed by atoms with E-state index in [1.807, 2.05) is 6.07 Å². The highest BCUT2D eigenvalue weighted by molar-refractivity contribution is 5.90. The first-order chi connectivity index (χ1) is 13.9. The zero-order valence-electron chi connectivity index (χ0n) is 15.9. The van der Waals surface area contributed by atoms with Crippen LogP contribution in [0.1, 0.15) is 24.4 Å². The Hall–Kier alpha value is -3.23. The molecule has 2 heterocycles. The lowest BCUT2D eigenvalue weighted by Gasteiger charge is -2.27. The second-order valence-corrected chi connectivity index (χ2v) is 6.72. The van der Waals surface area contributed by atoms with Gasteiger partial charge in [0.15, 0.2) is 11.5 Å². The summed E-state index contributed by atoms with van der Waals surface area (Å²) in [6, 6.07) is 9.05. The molecule has 1 saturated heterocycles. The molecule has 29 heavy (non-hydrogen) atoms. The Morgan fingerprint density at radius 1 is 1.14 bits per heavy atom. The largest absolute Gasteiger partial charge is 0.586 e. The third kappa shape index (κ3) is 3.72. The fourth-order valence-corrected chi connectivity index (χ4v) is 3.65. The van der Waals surface area contributed by atoms with E-state index < -0.39 is 6.29 Å². The number of likely N-dealkylation sites (tertiary alicyclic amines) is 1. The highest BCUT2D eigenvalue weighted by Gasteiger charge is 2.43. The first-order valence-electron chi connectivity index (χ1n) is 9.09. The monoisotopic (exact) mass is 406 g/mol. The minimum Gasteiger partial charge on any atom is -0.497 e. The van der Waals surface area contributed by atoms with Gasteiger partial charge in [-0.2, -0.15) is 0 Å². The number of amides is 2. The standard InChI is InChI=1S/C20H20F2N2O5/c1-26-13-6-8-16(27-2)14(11-13)15-4-3-9-24(15)19(25)23-12-5-7-17-18(10-12)29-20(21,22)28-17/h5-8,10-11,15H,3-4,9H2,1-2H3,(H,23,25)/t15-/m1/s1. The number of benzene rings is 2. The number of rotatable bonds is 4. The average Bonchev–Trinajstić information content (AvgIpc) is 3.30. The van der Waals surface area contributed by atoms with Crippen molar-refractivity contribution < 1.29 is 32.5 Å². The van der Waals surface area contributed by atoms with E-state index in [1.165, 1.54) is 18.2 Å². The van der Waals surface area contributed by atoms with Gasteiger partial charge in [0.05, 0.1) is 20.3 Å². The molecule has 0 unspecified atom stereocenters. The predicted molar refractivity (Wildman–Crippen MR) is 99.9 cm³/mol. The van der Waals surface area contributed by atoms with Crippen molar-refractivity contribution in [2.75, 3.05) is 26.1 Å². The van der Waals surface area contributed by atoms with Gasteiger partial charge in [0.1, 0.15) is 11.5 Å². The van der Waals surface area contributed by atoms with Crippen LogP contribution in [-0.2, 0) is 0 Å². The van der Waals surface area contributed by atoms with E-state index in [0.29, 0.717) is 23.7 Å². The van der Waals surface area contributed by atoms with Crippen molar-refractivity contribution in [2.45, 2.75) is 25.2 Å². The van der Waals surface area contributed by atoms with Crippen molar-refractivity contribution in [3.05, 3.63) is 42.0 Å². The van der Waals surface area contributed by atoms with Gasteiger partial charge >= 0.3 is 12.3 Å². The number of urea groups is 1. The smallest absolute Gasteiger partial charge is 0.497 e. The third-order valence-electron chi connectivity index (χ3n) is 4.96. The third-order valence-corrected chi connectivity index (χ3v) is 4.96. The van der Waals surface area contributed by atoms with Gasteiger partial charge in [0.25, 0.3) is 0 Å². The summed E-state index contributed by atoms with van der Waals surface area (Å²) < 4.78 is 45.9. The van der Waals surface area contributed by atoms with Gasteiger partial charge in [-0.3, -0.25) is 0 Å². The molecule has 0 saturated carbocycles. The molecule has 0 aromatic heterocycles. The molecule has 9 heteroatoms. The molecule has 2 aromatic rings. The summed E-state index contributed by atoms with van der Waals surface area (Å²) in [5, 5.41) is 2.74. The van der Waals surface area contributed by atoms with E-state index in [-0.39, 0.29) is 23.6 Å². The number of fused-ring (bicyclic) bond motifs is 1. The molecule has 2 aliphatic rings. The summed E-state index contributed by atoms with van der Waals surface area (Å²) in [5.74, 6) is 1.14. The molecule has 0 spiro atoms. The maximum absolute atomic E-state index is 13.2. The van der Waals surface area contributed by atoms with Crippen molar-refractivity contribution in [2.24, 2.45) is 0 Å². The molecule has 7 nitrogen and oxygen atoms in total. The van der Waals surface area contributed by atoms with E-state index in [2.05, 4.69) is 14.8 Å². The van der Waals surface area contributed by atoms with Crippen LogP contribution in [0.5, 0.6) is 23.0 Å². The van der Waals surface area contributed by atoms with E-state index in [4.69, 9.17) is 9.47 Å². The number of alkyl halides is 2. The molecule has 4 rings (SSSR count).